The molecule has 1 aliphatic heterocycles. The average molecular weight is 304 g/mol. The van der Waals surface area contributed by atoms with Crippen LogP contribution in [0.4, 0.5) is 5.69 Å². The predicted molar refractivity (Wildman–Crippen MR) is 68.5 cm³/mol. The van der Waals surface area contributed by atoms with Crippen molar-refractivity contribution in [1.82, 2.24) is 0 Å². The van der Waals surface area contributed by atoms with Crippen LogP contribution in [0.15, 0.2) is 27.6 Å². The molecular formula is C11H14BrNO2S. The third-order valence-corrected chi connectivity index (χ3v) is 5.76. The van der Waals surface area contributed by atoms with Crippen molar-refractivity contribution in [2.75, 3.05) is 17.6 Å². The Balaban J connectivity index is 2.66. The predicted octanol–water partition coefficient (Wildman–Crippen LogP) is 2.67. The van der Waals surface area contributed by atoms with Crippen LogP contribution in [0.3, 0.4) is 0 Å². The van der Waals surface area contributed by atoms with E-state index in [1.807, 2.05) is 19.9 Å². The van der Waals surface area contributed by atoms with Crippen LogP contribution in [0.5, 0.6) is 0 Å². The summed E-state index contributed by atoms with van der Waals surface area (Å²) in [7, 11) is -3.23. The van der Waals surface area contributed by atoms with Gasteiger partial charge in [0.15, 0.2) is 9.84 Å². The van der Waals surface area contributed by atoms with E-state index in [9.17, 15) is 8.42 Å². The van der Waals surface area contributed by atoms with E-state index in [4.69, 9.17) is 0 Å². The minimum atomic E-state index is -3.23. The van der Waals surface area contributed by atoms with Gasteiger partial charge in [-0.15, -0.1) is 0 Å². The number of sulfone groups is 1. The standard InChI is InChI=1S/C11H14BrNO2S/c1-11(2)6-13-9-5-3-4-8(12)10(9)16(14,15)7-11/h3-5,13H,6-7H2,1-2H3. The summed E-state index contributed by atoms with van der Waals surface area (Å²) in [4.78, 5) is 0.389. The van der Waals surface area contributed by atoms with E-state index in [1.54, 1.807) is 12.1 Å². The van der Waals surface area contributed by atoms with Crippen molar-refractivity contribution in [3.63, 3.8) is 0 Å². The summed E-state index contributed by atoms with van der Waals surface area (Å²) in [5.41, 5.74) is 0.442. The van der Waals surface area contributed by atoms with Gasteiger partial charge >= 0.3 is 0 Å². The van der Waals surface area contributed by atoms with Gasteiger partial charge in [-0.25, -0.2) is 8.42 Å². The van der Waals surface area contributed by atoms with Crippen LogP contribution < -0.4 is 5.32 Å². The van der Waals surface area contributed by atoms with E-state index >= 15 is 0 Å². The van der Waals surface area contributed by atoms with E-state index < -0.39 is 9.84 Å². The van der Waals surface area contributed by atoms with Crippen molar-refractivity contribution >= 4 is 31.5 Å². The van der Waals surface area contributed by atoms with E-state index in [-0.39, 0.29) is 11.2 Å². The highest BCUT2D eigenvalue weighted by Crippen LogP contribution is 2.36. The minimum Gasteiger partial charge on any atom is -0.383 e. The van der Waals surface area contributed by atoms with Gasteiger partial charge in [0.05, 0.1) is 11.4 Å². The van der Waals surface area contributed by atoms with Gasteiger partial charge in [0.25, 0.3) is 0 Å². The molecule has 16 heavy (non-hydrogen) atoms. The maximum absolute atomic E-state index is 12.3. The van der Waals surface area contributed by atoms with E-state index in [1.165, 1.54) is 0 Å². The Morgan fingerprint density at radius 2 is 2.06 bits per heavy atom. The van der Waals surface area contributed by atoms with Crippen molar-refractivity contribution in [3.8, 4) is 0 Å². The maximum Gasteiger partial charge on any atom is 0.182 e. The highest BCUT2D eigenvalue weighted by atomic mass is 79.9. The Bertz CT molecular complexity index is 523. The molecule has 0 fully saturated rings. The summed E-state index contributed by atoms with van der Waals surface area (Å²) >= 11 is 3.31. The molecule has 1 aliphatic rings. The van der Waals surface area contributed by atoms with E-state index in [0.717, 1.165) is 0 Å². The first-order valence-corrected chi connectivity index (χ1v) is 7.52. The number of rotatable bonds is 0. The minimum absolute atomic E-state index is 0.169. The molecule has 1 aromatic carbocycles. The quantitative estimate of drug-likeness (QED) is 0.801. The van der Waals surface area contributed by atoms with Crippen LogP contribution in [0.25, 0.3) is 0 Å². The molecule has 0 unspecified atom stereocenters. The van der Waals surface area contributed by atoms with Crippen molar-refractivity contribution in [2.45, 2.75) is 18.7 Å². The zero-order valence-corrected chi connectivity index (χ0v) is 11.7. The highest BCUT2D eigenvalue weighted by Gasteiger charge is 2.33. The molecular weight excluding hydrogens is 290 g/mol. The van der Waals surface area contributed by atoms with Gasteiger partial charge in [-0.05, 0) is 33.5 Å². The molecule has 0 aliphatic carbocycles. The first kappa shape index (κ1) is 11.9. The Morgan fingerprint density at radius 1 is 1.38 bits per heavy atom. The summed E-state index contributed by atoms with van der Waals surface area (Å²) in [6.45, 7) is 4.57. The fourth-order valence-electron chi connectivity index (χ4n) is 1.94. The summed E-state index contributed by atoms with van der Waals surface area (Å²) < 4.78 is 25.2. The smallest absolute Gasteiger partial charge is 0.182 e. The Labute approximate surface area is 104 Å². The Kier molecular flexibility index (Phi) is 2.78. The lowest BCUT2D eigenvalue weighted by Crippen LogP contribution is -2.28. The summed E-state index contributed by atoms with van der Waals surface area (Å²) in [5.74, 6) is 0.169. The molecule has 0 radical (unpaired) electrons. The normalized spacial score (nSPS) is 21.7. The van der Waals surface area contributed by atoms with Crippen molar-refractivity contribution in [2.24, 2.45) is 5.41 Å². The molecule has 0 amide bonds. The number of hydrogen-bond donors (Lipinski definition) is 1. The molecule has 0 atom stereocenters. The zero-order chi connectivity index (χ0) is 12.0. The molecule has 1 heterocycles. The van der Waals surface area contributed by atoms with Gasteiger partial charge in [-0.2, -0.15) is 0 Å². The summed E-state index contributed by atoms with van der Waals surface area (Å²) in [6, 6.07) is 5.40. The van der Waals surface area contributed by atoms with Gasteiger partial charge in [-0.1, -0.05) is 19.9 Å². The lowest BCUT2D eigenvalue weighted by molar-refractivity contribution is 0.442. The number of fused-ring (bicyclic) bond motifs is 1. The molecule has 88 valence electrons. The van der Waals surface area contributed by atoms with Crippen LogP contribution in [0, 0.1) is 5.41 Å². The largest absolute Gasteiger partial charge is 0.383 e. The van der Waals surface area contributed by atoms with E-state index in [2.05, 4.69) is 21.2 Å². The number of hydrogen-bond acceptors (Lipinski definition) is 3. The summed E-state index contributed by atoms with van der Waals surface area (Å²) in [5, 5.41) is 3.20. The molecule has 0 spiro atoms. The van der Waals surface area contributed by atoms with Crippen LogP contribution in [-0.2, 0) is 9.84 Å². The molecule has 5 heteroatoms. The van der Waals surface area contributed by atoms with Gasteiger partial charge < -0.3 is 5.32 Å². The second kappa shape index (κ2) is 3.74. The first-order chi connectivity index (χ1) is 7.32. The molecule has 0 saturated carbocycles. The molecule has 0 aromatic heterocycles. The second-order valence-electron chi connectivity index (χ2n) is 4.89. The van der Waals surface area contributed by atoms with Crippen LogP contribution >= 0.6 is 15.9 Å². The molecule has 1 N–H and O–H groups in total. The lowest BCUT2D eigenvalue weighted by Gasteiger charge is -2.20. The number of anilines is 1. The monoisotopic (exact) mass is 303 g/mol. The third-order valence-electron chi connectivity index (χ3n) is 2.62. The first-order valence-electron chi connectivity index (χ1n) is 5.07. The van der Waals surface area contributed by atoms with Crippen LogP contribution in [0.1, 0.15) is 13.8 Å². The fourth-order valence-corrected chi connectivity index (χ4v) is 5.16. The fraction of sp³-hybridized carbons (Fsp3) is 0.455. The van der Waals surface area contributed by atoms with Crippen molar-refractivity contribution in [3.05, 3.63) is 22.7 Å². The lowest BCUT2D eigenvalue weighted by atomic mass is 9.96. The molecule has 0 bridgehead atoms. The van der Waals surface area contributed by atoms with Crippen LogP contribution in [-0.4, -0.2) is 20.7 Å². The zero-order valence-electron chi connectivity index (χ0n) is 9.25. The Hall–Kier alpha value is -0.550. The maximum atomic E-state index is 12.3. The number of benzene rings is 1. The SMILES string of the molecule is CC1(C)CNc2cccc(Br)c2S(=O)(=O)C1. The van der Waals surface area contributed by atoms with Crippen LogP contribution in [0.2, 0.25) is 0 Å². The Morgan fingerprint density at radius 3 is 2.75 bits per heavy atom. The average Bonchev–Trinajstić information content (AvgIpc) is 2.20. The van der Waals surface area contributed by atoms with Crippen molar-refractivity contribution in [1.29, 1.82) is 0 Å². The number of halogens is 1. The van der Waals surface area contributed by atoms with Gasteiger partial charge in [0.2, 0.25) is 0 Å². The summed E-state index contributed by atoms with van der Waals surface area (Å²) in [6.07, 6.45) is 0. The van der Waals surface area contributed by atoms with Gasteiger partial charge in [-0.3, -0.25) is 0 Å². The number of nitrogens with one attached hydrogen (secondary N) is 1. The third kappa shape index (κ3) is 2.11. The molecule has 3 nitrogen and oxygen atoms in total. The molecule has 2 rings (SSSR count). The van der Waals surface area contributed by atoms with Gasteiger partial charge in [0.1, 0.15) is 4.90 Å². The van der Waals surface area contributed by atoms with Crippen molar-refractivity contribution < 1.29 is 8.42 Å². The van der Waals surface area contributed by atoms with Gasteiger partial charge in [0, 0.05) is 11.0 Å². The highest BCUT2D eigenvalue weighted by molar-refractivity contribution is 9.10. The topological polar surface area (TPSA) is 46.2 Å². The molecule has 0 saturated heterocycles. The molecule has 1 aromatic rings. The van der Waals surface area contributed by atoms with E-state index in [0.29, 0.717) is 21.6 Å². The second-order valence-corrected chi connectivity index (χ2v) is 7.67.